The average molecular weight is 254 g/mol. The van der Waals surface area contributed by atoms with E-state index in [1.807, 2.05) is 6.07 Å². The number of hydrogen-bond donors (Lipinski definition) is 3. The highest BCUT2D eigenvalue weighted by molar-refractivity contribution is 7.80. The number of nitrogens with one attached hydrogen (secondary N) is 1. The van der Waals surface area contributed by atoms with Gasteiger partial charge in [-0.05, 0) is 12.1 Å². The summed E-state index contributed by atoms with van der Waals surface area (Å²) in [5.74, 6) is -0.479. The molecule has 1 heterocycles. The van der Waals surface area contributed by atoms with Gasteiger partial charge in [-0.1, -0.05) is 12.2 Å². The molecule has 17 heavy (non-hydrogen) atoms. The number of carbonyl (C=O) groups excluding carboxylic acids is 1. The third kappa shape index (κ3) is 5.23. The fraction of sp³-hybridized carbons (Fsp3) is 0.300. The number of amides is 1. The first-order valence-corrected chi connectivity index (χ1v) is 5.36. The first-order chi connectivity index (χ1) is 8.09. The third-order valence-electron chi connectivity index (χ3n) is 1.84. The highest BCUT2D eigenvalue weighted by Crippen LogP contribution is 2.05. The molecule has 6 nitrogen and oxygen atoms in total. The molecule has 0 atom stereocenters. The summed E-state index contributed by atoms with van der Waals surface area (Å²) in [6, 6.07) is 3.55. The van der Waals surface area contributed by atoms with Crippen molar-refractivity contribution in [2.45, 2.75) is 0 Å². The molecule has 5 N–H and O–H groups in total. The monoisotopic (exact) mass is 254 g/mol. The lowest BCUT2D eigenvalue weighted by Gasteiger charge is -2.06. The van der Waals surface area contributed by atoms with Crippen LogP contribution in [0.5, 0.6) is 0 Å². The Hall–Kier alpha value is -1.73. The molecule has 1 amide bonds. The van der Waals surface area contributed by atoms with E-state index in [-0.39, 0.29) is 11.6 Å². The van der Waals surface area contributed by atoms with Gasteiger partial charge in [-0.3, -0.25) is 9.78 Å². The Morgan fingerprint density at radius 1 is 1.47 bits per heavy atom. The van der Waals surface area contributed by atoms with Gasteiger partial charge in [0.15, 0.2) is 0 Å². The van der Waals surface area contributed by atoms with Gasteiger partial charge in [0.2, 0.25) is 5.91 Å². The number of pyridine rings is 1. The molecule has 0 aliphatic carbocycles. The maximum absolute atomic E-state index is 10.4. The van der Waals surface area contributed by atoms with Gasteiger partial charge in [-0.2, -0.15) is 0 Å². The van der Waals surface area contributed by atoms with Gasteiger partial charge in [0.1, 0.15) is 11.6 Å². The summed E-state index contributed by atoms with van der Waals surface area (Å²) >= 11 is 4.78. The Labute approximate surface area is 104 Å². The molecule has 0 aliphatic heterocycles. The van der Waals surface area contributed by atoms with Crippen molar-refractivity contribution >= 4 is 28.8 Å². The highest BCUT2D eigenvalue weighted by atomic mass is 32.1. The topological polar surface area (TPSA) is 103 Å². The zero-order chi connectivity index (χ0) is 12.7. The molecule has 0 spiro atoms. The largest absolute Gasteiger partial charge is 0.388 e. The minimum absolute atomic E-state index is 0.0691. The van der Waals surface area contributed by atoms with Crippen LogP contribution >= 0.6 is 12.2 Å². The van der Waals surface area contributed by atoms with Crippen molar-refractivity contribution in [2.24, 2.45) is 11.5 Å². The molecule has 0 saturated heterocycles. The molecule has 0 fully saturated rings. The van der Waals surface area contributed by atoms with Gasteiger partial charge in [0, 0.05) is 6.54 Å². The number of thiocarbonyl (C=S) groups is 1. The van der Waals surface area contributed by atoms with Gasteiger partial charge in [0.25, 0.3) is 0 Å². The molecule has 1 aromatic heterocycles. The van der Waals surface area contributed by atoms with E-state index in [9.17, 15) is 4.79 Å². The van der Waals surface area contributed by atoms with E-state index in [2.05, 4.69) is 10.3 Å². The van der Waals surface area contributed by atoms with Crippen molar-refractivity contribution in [2.75, 3.05) is 25.1 Å². The number of rotatable bonds is 7. The maximum Gasteiger partial charge on any atom is 0.243 e. The van der Waals surface area contributed by atoms with Gasteiger partial charge in [-0.15, -0.1) is 0 Å². The third-order valence-corrected chi connectivity index (χ3v) is 2.04. The Morgan fingerprint density at radius 2 is 2.24 bits per heavy atom. The van der Waals surface area contributed by atoms with Gasteiger partial charge in [0.05, 0.1) is 24.2 Å². The normalized spacial score (nSPS) is 9.88. The fourth-order valence-corrected chi connectivity index (χ4v) is 1.21. The van der Waals surface area contributed by atoms with E-state index in [1.165, 1.54) is 0 Å². The van der Waals surface area contributed by atoms with Crippen LogP contribution in [0.4, 0.5) is 5.69 Å². The number of nitrogens with two attached hydrogens (primary N) is 2. The van der Waals surface area contributed by atoms with Crippen LogP contribution in [0.3, 0.4) is 0 Å². The van der Waals surface area contributed by atoms with Crippen LogP contribution < -0.4 is 16.8 Å². The molecule has 1 rings (SSSR count). The molecule has 0 aliphatic rings. The first kappa shape index (κ1) is 13.3. The molecular weight excluding hydrogens is 240 g/mol. The number of primary amides is 1. The van der Waals surface area contributed by atoms with Gasteiger partial charge >= 0.3 is 0 Å². The fourth-order valence-electron chi connectivity index (χ4n) is 1.08. The van der Waals surface area contributed by atoms with Crippen molar-refractivity contribution in [3.05, 3.63) is 24.0 Å². The second-order valence-electron chi connectivity index (χ2n) is 3.24. The SMILES string of the molecule is NC(=O)COCCNc1ccc(C(N)=S)nc1. The van der Waals surface area contributed by atoms with Crippen LogP contribution in [0.25, 0.3) is 0 Å². The number of nitrogens with zero attached hydrogens (tertiary/aromatic N) is 1. The molecule has 0 radical (unpaired) electrons. The summed E-state index contributed by atoms with van der Waals surface area (Å²) in [6.07, 6.45) is 1.63. The van der Waals surface area contributed by atoms with Crippen LogP contribution in [-0.4, -0.2) is 35.6 Å². The van der Waals surface area contributed by atoms with E-state index in [0.29, 0.717) is 18.8 Å². The summed E-state index contributed by atoms with van der Waals surface area (Å²) in [5.41, 5.74) is 11.7. The zero-order valence-corrected chi connectivity index (χ0v) is 10.00. The molecule has 7 heteroatoms. The highest BCUT2D eigenvalue weighted by Gasteiger charge is 1.98. The quantitative estimate of drug-likeness (QED) is 0.453. The van der Waals surface area contributed by atoms with Crippen molar-refractivity contribution < 1.29 is 9.53 Å². The Kier molecular flexibility index (Phi) is 5.31. The summed E-state index contributed by atoms with van der Waals surface area (Å²) in [6.45, 7) is 0.877. The van der Waals surface area contributed by atoms with Crippen LogP contribution in [0.2, 0.25) is 0 Å². The molecule has 0 aromatic carbocycles. The molecule has 92 valence electrons. The predicted molar refractivity (Wildman–Crippen MR) is 68.6 cm³/mol. The van der Waals surface area contributed by atoms with Crippen molar-refractivity contribution in [3.8, 4) is 0 Å². The van der Waals surface area contributed by atoms with Crippen LogP contribution in [0, 0.1) is 0 Å². The Balaban J connectivity index is 2.27. The van der Waals surface area contributed by atoms with E-state index >= 15 is 0 Å². The summed E-state index contributed by atoms with van der Waals surface area (Å²) in [7, 11) is 0. The van der Waals surface area contributed by atoms with E-state index < -0.39 is 5.91 Å². The first-order valence-electron chi connectivity index (χ1n) is 4.95. The second-order valence-corrected chi connectivity index (χ2v) is 3.68. The standard InChI is InChI=1S/C10H14N4O2S/c11-9(15)6-16-4-3-13-7-1-2-8(10(12)17)14-5-7/h1-2,5,13H,3-4,6H2,(H2,11,15)(H2,12,17). The van der Waals surface area contributed by atoms with E-state index in [1.54, 1.807) is 12.3 Å². The zero-order valence-electron chi connectivity index (χ0n) is 9.18. The van der Waals surface area contributed by atoms with Gasteiger partial charge < -0.3 is 21.5 Å². The number of anilines is 1. The van der Waals surface area contributed by atoms with Crippen LogP contribution in [-0.2, 0) is 9.53 Å². The summed E-state index contributed by atoms with van der Waals surface area (Å²) in [4.78, 5) is 14.7. The minimum Gasteiger partial charge on any atom is -0.388 e. The second kappa shape index (κ2) is 6.77. The summed E-state index contributed by atoms with van der Waals surface area (Å²) in [5, 5.41) is 3.06. The smallest absolute Gasteiger partial charge is 0.243 e. The lowest BCUT2D eigenvalue weighted by Crippen LogP contribution is -2.20. The van der Waals surface area contributed by atoms with Crippen LogP contribution in [0.15, 0.2) is 18.3 Å². The number of carbonyl (C=O) groups is 1. The molecular formula is C10H14N4O2S. The lowest BCUT2D eigenvalue weighted by molar-refractivity contribution is -0.122. The number of ether oxygens (including phenoxy) is 1. The van der Waals surface area contributed by atoms with E-state index in [0.717, 1.165) is 5.69 Å². The van der Waals surface area contributed by atoms with Crippen LogP contribution in [0.1, 0.15) is 5.69 Å². The van der Waals surface area contributed by atoms with Crippen molar-refractivity contribution in [1.29, 1.82) is 0 Å². The number of aromatic nitrogens is 1. The molecule has 0 saturated carbocycles. The Bertz CT molecular complexity index is 394. The average Bonchev–Trinajstić information content (AvgIpc) is 2.29. The maximum atomic E-state index is 10.4. The molecule has 1 aromatic rings. The molecule has 0 unspecified atom stereocenters. The van der Waals surface area contributed by atoms with Crippen molar-refractivity contribution in [3.63, 3.8) is 0 Å². The minimum atomic E-state index is -0.479. The van der Waals surface area contributed by atoms with Crippen molar-refractivity contribution in [1.82, 2.24) is 4.98 Å². The van der Waals surface area contributed by atoms with Gasteiger partial charge in [-0.25, -0.2) is 0 Å². The molecule has 0 bridgehead atoms. The number of hydrogen-bond acceptors (Lipinski definition) is 5. The van der Waals surface area contributed by atoms with E-state index in [4.69, 9.17) is 28.4 Å². The summed E-state index contributed by atoms with van der Waals surface area (Å²) < 4.78 is 4.98. The lowest BCUT2D eigenvalue weighted by atomic mass is 10.3. The Morgan fingerprint density at radius 3 is 2.76 bits per heavy atom. The predicted octanol–water partition coefficient (Wildman–Crippen LogP) is -0.370.